The molecule has 2 unspecified atom stereocenters. The first-order valence-electron chi connectivity index (χ1n) is 5.78. The van der Waals surface area contributed by atoms with Crippen molar-refractivity contribution in [2.45, 2.75) is 51.0 Å². The van der Waals surface area contributed by atoms with E-state index >= 15 is 0 Å². The number of aromatic nitrogens is 1. The summed E-state index contributed by atoms with van der Waals surface area (Å²) in [6.45, 7) is 2.29. The molecular formula is C12H19NOS. The van der Waals surface area contributed by atoms with E-state index in [4.69, 9.17) is 0 Å². The highest BCUT2D eigenvalue weighted by Gasteiger charge is 2.30. The Morgan fingerprint density at radius 1 is 1.53 bits per heavy atom. The molecule has 1 heterocycles. The Bertz CT molecular complexity index is 299. The molecule has 1 aliphatic rings. The van der Waals surface area contributed by atoms with Gasteiger partial charge in [0.05, 0.1) is 11.1 Å². The maximum Gasteiger partial charge on any atom is 0.0794 e. The summed E-state index contributed by atoms with van der Waals surface area (Å²) in [6, 6.07) is 0. The van der Waals surface area contributed by atoms with Crippen LogP contribution in [0.3, 0.4) is 0 Å². The standard InChI is InChI=1S/C12H19NOS/c1-10-3-2-5-12(14,6-4-10)7-11-8-13-9-15-11/h8-10,14H,2-7H2,1H3. The fourth-order valence-electron chi connectivity index (χ4n) is 2.39. The van der Waals surface area contributed by atoms with Gasteiger partial charge >= 0.3 is 0 Å². The zero-order valence-electron chi connectivity index (χ0n) is 9.28. The third kappa shape index (κ3) is 3.02. The molecule has 1 saturated carbocycles. The van der Waals surface area contributed by atoms with Crippen molar-refractivity contribution in [3.8, 4) is 0 Å². The van der Waals surface area contributed by atoms with Gasteiger partial charge in [-0.15, -0.1) is 11.3 Å². The number of thiazole rings is 1. The fraction of sp³-hybridized carbons (Fsp3) is 0.750. The van der Waals surface area contributed by atoms with Crippen molar-refractivity contribution >= 4 is 11.3 Å². The lowest BCUT2D eigenvalue weighted by Crippen LogP contribution is -2.30. The highest BCUT2D eigenvalue weighted by molar-refractivity contribution is 7.09. The van der Waals surface area contributed by atoms with Gasteiger partial charge in [-0.2, -0.15) is 0 Å². The van der Waals surface area contributed by atoms with E-state index in [1.54, 1.807) is 11.3 Å². The highest BCUT2D eigenvalue weighted by Crippen LogP contribution is 2.33. The molecule has 0 saturated heterocycles. The van der Waals surface area contributed by atoms with Crippen molar-refractivity contribution in [1.29, 1.82) is 0 Å². The summed E-state index contributed by atoms with van der Waals surface area (Å²) >= 11 is 1.65. The third-order valence-corrected chi connectivity index (χ3v) is 4.21. The molecule has 2 rings (SSSR count). The van der Waals surface area contributed by atoms with E-state index in [2.05, 4.69) is 11.9 Å². The molecule has 0 aromatic carbocycles. The van der Waals surface area contributed by atoms with Crippen LogP contribution in [0.15, 0.2) is 11.7 Å². The topological polar surface area (TPSA) is 33.1 Å². The van der Waals surface area contributed by atoms with Crippen LogP contribution < -0.4 is 0 Å². The van der Waals surface area contributed by atoms with Crippen molar-refractivity contribution in [1.82, 2.24) is 4.98 Å². The first kappa shape index (κ1) is 11.1. The normalized spacial score (nSPS) is 32.5. The second-order valence-corrected chi connectivity index (χ2v) is 5.88. The van der Waals surface area contributed by atoms with E-state index in [1.165, 1.54) is 11.3 Å². The van der Waals surface area contributed by atoms with Crippen molar-refractivity contribution in [2.75, 3.05) is 0 Å². The molecule has 1 aromatic rings. The van der Waals surface area contributed by atoms with Crippen molar-refractivity contribution in [3.05, 3.63) is 16.6 Å². The molecule has 15 heavy (non-hydrogen) atoms. The number of nitrogens with zero attached hydrogens (tertiary/aromatic N) is 1. The van der Waals surface area contributed by atoms with Crippen LogP contribution in [0, 0.1) is 5.92 Å². The zero-order chi connectivity index (χ0) is 10.7. The third-order valence-electron chi connectivity index (χ3n) is 3.43. The van der Waals surface area contributed by atoms with Gasteiger partial charge in [0.25, 0.3) is 0 Å². The van der Waals surface area contributed by atoms with Crippen LogP contribution in [0.25, 0.3) is 0 Å². The average Bonchev–Trinajstić information content (AvgIpc) is 2.61. The van der Waals surface area contributed by atoms with Gasteiger partial charge in [-0.1, -0.05) is 19.8 Å². The Hall–Kier alpha value is -0.410. The molecule has 84 valence electrons. The van der Waals surface area contributed by atoms with Gasteiger partial charge in [0.2, 0.25) is 0 Å². The number of hydrogen-bond acceptors (Lipinski definition) is 3. The first-order chi connectivity index (χ1) is 7.18. The van der Waals surface area contributed by atoms with Crippen molar-refractivity contribution < 1.29 is 5.11 Å². The van der Waals surface area contributed by atoms with Crippen LogP contribution in [0.1, 0.15) is 43.9 Å². The summed E-state index contributed by atoms with van der Waals surface area (Å²) in [6.07, 6.45) is 8.18. The number of rotatable bonds is 2. The molecule has 0 aliphatic heterocycles. The van der Waals surface area contributed by atoms with Crippen LogP contribution in [0.2, 0.25) is 0 Å². The molecule has 0 spiro atoms. The minimum atomic E-state index is -0.461. The molecule has 0 bridgehead atoms. The second-order valence-electron chi connectivity index (χ2n) is 4.90. The van der Waals surface area contributed by atoms with Gasteiger partial charge in [0, 0.05) is 17.5 Å². The largest absolute Gasteiger partial charge is 0.390 e. The molecule has 2 nitrogen and oxygen atoms in total. The van der Waals surface area contributed by atoms with Crippen LogP contribution in [0.5, 0.6) is 0 Å². The lowest BCUT2D eigenvalue weighted by atomic mass is 9.90. The predicted octanol–water partition coefficient (Wildman–Crippen LogP) is 3.02. The molecule has 1 aliphatic carbocycles. The summed E-state index contributed by atoms with van der Waals surface area (Å²) in [7, 11) is 0. The van der Waals surface area contributed by atoms with E-state index in [0.29, 0.717) is 0 Å². The van der Waals surface area contributed by atoms with Crippen LogP contribution >= 0.6 is 11.3 Å². The average molecular weight is 225 g/mol. The number of aliphatic hydroxyl groups is 1. The Morgan fingerprint density at radius 2 is 2.40 bits per heavy atom. The lowest BCUT2D eigenvalue weighted by molar-refractivity contribution is 0.0251. The smallest absolute Gasteiger partial charge is 0.0794 e. The van der Waals surface area contributed by atoms with Gasteiger partial charge in [0.15, 0.2) is 0 Å². The maximum absolute atomic E-state index is 10.5. The van der Waals surface area contributed by atoms with E-state index in [0.717, 1.165) is 38.0 Å². The monoisotopic (exact) mass is 225 g/mol. The highest BCUT2D eigenvalue weighted by atomic mass is 32.1. The zero-order valence-corrected chi connectivity index (χ0v) is 10.1. The first-order valence-corrected chi connectivity index (χ1v) is 6.66. The molecular weight excluding hydrogens is 206 g/mol. The molecule has 0 amide bonds. The van der Waals surface area contributed by atoms with E-state index in [1.807, 2.05) is 11.7 Å². The summed E-state index contributed by atoms with van der Waals surface area (Å²) in [5.74, 6) is 0.778. The second kappa shape index (κ2) is 4.62. The summed E-state index contributed by atoms with van der Waals surface area (Å²) in [5.41, 5.74) is 1.38. The van der Waals surface area contributed by atoms with Gasteiger partial charge in [-0.25, -0.2) is 0 Å². The summed E-state index contributed by atoms with van der Waals surface area (Å²) in [4.78, 5) is 5.28. The Balaban J connectivity index is 1.99. The van der Waals surface area contributed by atoms with Crippen molar-refractivity contribution in [2.24, 2.45) is 5.92 Å². The van der Waals surface area contributed by atoms with Gasteiger partial charge < -0.3 is 5.11 Å². The van der Waals surface area contributed by atoms with Gasteiger partial charge in [-0.05, 0) is 25.2 Å². The minimum absolute atomic E-state index is 0.461. The molecule has 1 aromatic heterocycles. The Labute approximate surface area is 95.4 Å². The maximum atomic E-state index is 10.5. The van der Waals surface area contributed by atoms with Crippen LogP contribution in [0.4, 0.5) is 0 Å². The van der Waals surface area contributed by atoms with E-state index in [9.17, 15) is 5.11 Å². The van der Waals surface area contributed by atoms with Gasteiger partial charge in [0.1, 0.15) is 0 Å². The van der Waals surface area contributed by atoms with Gasteiger partial charge in [-0.3, -0.25) is 4.98 Å². The SMILES string of the molecule is CC1CCCC(O)(Cc2cncs2)CC1. The minimum Gasteiger partial charge on any atom is -0.390 e. The predicted molar refractivity (Wildman–Crippen MR) is 63.0 cm³/mol. The lowest BCUT2D eigenvalue weighted by Gasteiger charge is -2.25. The molecule has 2 atom stereocenters. The molecule has 1 fully saturated rings. The molecule has 3 heteroatoms. The van der Waals surface area contributed by atoms with Crippen LogP contribution in [-0.4, -0.2) is 15.7 Å². The fourth-order valence-corrected chi connectivity index (χ4v) is 3.13. The Kier molecular flexibility index (Phi) is 3.42. The Morgan fingerprint density at radius 3 is 3.13 bits per heavy atom. The quantitative estimate of drug-likeness (QED) is 0.785. The van der Waals surface area contributed by atoms with Crippen molar-refractivity contribution in [3.63, 3.8) is 0 Å². The van der Waals surface area contributed by atoms with Crippen LogP contribution in [-0.2, 0) is 6.42 Å². The summed E-state index contributed by atoms with van der Waals surface area (Å²) < 4.78 is 0. The number of hydrogen-bond donors (Lipinski definition) is 1. The molecule has 1 N–H and O–H groups in total. The van der Waals surface area contributed by atoms with E-state index < -0.39 is 5.60 Å². The molecule has 0 radical (unpaired) electrons. The van der Waals surface area contributed by atoms with E-state index in [-0.39, 0.29) is 0 Å². The summed E-state index contributed by atoms with van der Waals surface area (Å²) in [5, 5.41) is 10.5.